The van der Waals surface area contributed by atoms with Crippen molar-refractivity contribution >= 4 is 68.1 Å². The van der Waals surface area contributed by atoms with Gasteiger partial charge in [-0.2, -0.15) is 0 Å². The predicted molar refractivity (Wildman–Crippen MR) is 130 cm³/mol. The number of hydrogen-bond donors (Lipinski definition) is 2. The summed E-state index contributed by atoms with van der Waals surface area (Å²) < 4.78 is 1.96. The Kier molecular flexibility index (Phi) is 6.59. The van der Waals surface area contributed by atoms with Crippen LogP contribution in [0.2, 0.25) is 5.02 Å². The van der Waals surface area contributed by atoms with Gasteiger partial charge in [0.15, 0.2) is 5.16 Å². The van der Waals surface area contributed by atoms with Gasteiger partial charge in [-0.25, -0.2) is 4.98 Å². The Balaban J connectivity index is 1.59. The molecule has 0 aliphatic heterocycles. The van der Waals surface area contributed by atoms with E-state index in [1.165, 1.54) is 22.8 Å². The third kappa shape index (κ3) is 4.85. The van der Waals surface area contributed by atoms with Gasteiger partial charge >= 0.3 is 0 Å². The summed E-state index contributed by atoms with van der Waals surface area (Å²) in [5, 5.41) is 8.05. The highest BCUT2D eigenvalue weighted by molar-refractivity contribution is 7.99. The minimum Gasteiger partial charge on any atom is -0.326 e. The first kappa shape index (κ1) is 22.1. The maximum Gasteiger partial charge on any atom is 0.276 e. The number of carbonyl (C=O) groups is 2. The number of benzene rings is 2. The molecule has 0 saturated heterocycles. The molecule has 32 heavy (non-hydrogen) atoms. The van der Waals surface area contributed by atoms with Crippen molar-refractivity contribution in [2.75, 3.05) is 16.4 Å². The number of halogens is 1. The average molecular weight is 485 g/mol. The molecular weight excluding hydrogens is 468 g/mol. The first-order valence-corrected chi connectivity index (χ1v) is 11.7. The van der Waals surface area contributed by atoms with E-state index in [-0.39, 0.29) is 23.1 Å². The third-order valence-corrected chi connectivity index (χ3v) is 6.49. The van der Waals surface area contributed by atoms with E-state index in [4.69, 9.17) is 11.6 Å². The lowest BCUT2D eigenvalue weighted by atomic mass is 10.2. The molecule has 4 aromatic rings. The molecule has 2 amide bonds. The van der Waals surface area contributed by atoms with Gasteiger partial charge in [0.25, 0.3) is 5.56 Å². The zero-order valence-corrected chi connectivity index (χ0v) is 19.2. The topological polar surface area (TPSA) is 93.1 Å². The van der Waals surface area contributed by atoms with Crippen LogP contribution in [-0.4, -0.2) is 27.1 Å². The highest BCUT2D eigenvalue weighted by Gasteiger charge is 2.17. The summed E-state index contributed by atoms with van der Waals surface area (Å²) in [7, 11) is 0. The predicted octanol–water partition coefficient (Wildman–Crippen LogP) is 4.79. The number of thioether (sulfide) groups is 1. The zero-order valence-electron chi connectivity index (χ0n) is 16.8. The number of nitrogens with one attached hydrogen (secondary N) is 2. The molecule has 2 N–H and O–H groups in total. The fourth-order valence-corrected chi connectivity index (χ4v) is 4.82. The van der Waals surface area contributed by atoms with Gasteiger partial charge in [0.1, 0.15) is 4.70 Å². The number of hydrogen-bond acceptors (Lipinski definition) is 6. The van der Waals surface area contributed by atoms with Crippen LogP contribution < -0.4 is 16.2 Å². The van der Waals surface area contributed by atoms with Gasteiger partial charge < -0.3 is 10.6 Å². The standard InChI is InChI=1S/C22H17ClN4O3S2/c1-13(28)24-14-5-4-6-15(11-14)25-19(29)12-32-22-26-17-9-10-31-20(17)21(30)27(22)18-8-3-2-7-16(18)23/h2-11H,12H2,1H3,(H,24,28)(H,25,29). The number of amides is 2. The van der Waals surface area contributed by atoms with Crippen molar-refractivity contribution in [2.45, 2.75) is 12.1 Å². The number of anilines is 2. The lowest BCUT2D eigenvalue weighted by Gasteiger charge is -2.13. The summed E-state index contributed by atoms with van der Waals surface area (Å²) in [5.41, 5.74) is 1.98. The molecule has 162 valence electrons. The highest BCUT2D eigenvalue weighted by Crippen LogP contribution is 2.27. The van der Waals surface area contributed by atoms with Gasteiger partial charge in [-0.3, -0.25) is 19.0 Å². The molecule has 0 radical (unpaired) electrons. The average Bonchev–Trinajstić information content (AvgIpc) is 3.22. The van der Waals surface area contributed by atoms with E-state index in [0.717, 1.165) is 11.8 Å². The first-order valence-electron chi connectivity index (χ1n) is 9.48. The largest absolute Gasteiger partial charge is 0.326 e. The Morgan fingerprint density at radius 3 is 2.59 bits per heavy atom. The van der Waals surface area contributed by atoms with Crippen molar-refractivity contribution in [3.63, 3.8) is 0 Å². The normalized spacial score (nSPS) is 10.8. The molecule has 0 saturated carbocycles. The van der Waals surface area contributed by atoms with Crippen LogP contribution in [0.15, 0.2) is 69.9 Å². The Hall–Kier alpha value is -3.14. The lowest BCUT2D eigenvalue weighted by Crippen LogP contribution is -2.22. The van der Waals surface area contributed by atoms with Gasteiger partial charge in [-0.1, -0.05) is 41.6 Å². The van der Waals surface area contributed by atoms with Gasteiger partial charge in [-0.15, -0.1) is 11.3 Å². The second-order valence-corrected chi connectivity index (χ2v) is 8.99. The van der Waals surface area contributed by atoms with E-state index in [2.05, 4.69) is 15.6 Å². The van der Waals surface area contributed by atoms with Gasteiger partial charge in [-0.05, 0) is 41.8 Å². The van der Waals surface area contributed by atoms with Crippen LogP contribution in [0.1, 0.15) is 6.92 Å². The first-order chi connectivity index (χ1) is 15.4. The molecule has 0 unspecified atom stereocenters. The molecule has 2 aromatic carbocycles. The number of thiophene rings is 1. The molecule has 0 aliphatic carbocycles. The zero-order chi connectivity index (χ0) is 22.7. The Morgan fingerprint density at radius 1 is 1.09 bits per heavy atom. The number of fused-ring (bicyclic) bond motifs is 1. The molecular formula is C22H17ClN4O3S2. The SMILES string of the molecule is CC(=O)Nc1cccc(NC(=O)CSc2nc3ccsc3c(=O)n2-c2ccccc2Cl)c1. The van der Waals surface area contributed by atoms with Crippen LogP contribution >= 0.6 is 34.7 Å². The van der Waals surface area contributed by atoms with Crippen LogP contribution in [0.4, 0.5) is 11.4 Å². The summed E-state index contributed by atoms with van der Waals surface area (Å²) in [5.74, 6) is -0.450. The maximum atomic E-state index is 13.2. The van der Waals surface area contributed by atoms with E-state index >= 15 is 0 Å². The number of carbonyl (C=O) groups excluding carboxylic acids is 2. The number of nitrogens with zero attached hydrogens (tertiary/aromatic N) is 2. The summed E-state index contributed by atoms with van der Waals surface area (Å²) in [4.78, 5) is 41.5. The number of aromatic nitrogens is 2. The van der Waals surface area contributed by atoms with Crippen molar-refractivity contribution < 1.29 is 9.59 Å². The minimum absolute atomic E-state index is 0.0247. The summed E-state index contributed by atoms with van der Waals surface area (Å²) in [6, 6.07) is 15.6. The van der Waals surface area contributed by atoms with Crippen molar-refractivity contribution in [3.8, 4) is 5.69 Å². The van der Waals surface area contributed by atoms with Gasteiger partial charge in [0.2, 0.25) is 11.8 Å². The fraction of sp³-hybridized carbons (Fsp3) is 0.0909. The van der Waals surface area contributed by atoms with E-state index in [9.17, 15) is 14.4 Å². The smallest absolute Gasteiger partial charge is 0.276 e. The van der Waals surface area contributed by atoms with E-state index < -0.39 is 0 Å². The Labute approximate surface area is 196 Å². The van der Waals surface area contributed by atoms with E-state index in [1.54, 1.807) is 60.0 Å². The quantitative estimate of drug-likeness (QED) is 0.303. The minimum atomic E-state index is -0.277. The summed E-state index contributed by atoms with van der Waals surface area (Å²) in [6.45, 7) is 1.41. The molecule has 0 atom stereocenters. The van der Waals surface area contributed by atoms with E-state index in [0.29, 0.717) is 37.5 Å². The number of para-hydroxylation sites is 1. The van der Waals surface area contributed by atoms with Gasteiger partial charge in [0.05, 0.1) is 22.0 Å². The monoisotopic (exact) mass is 484 g/mol. The lowest BCUT2D eigenvalue weighted by molar-refractivity contribution is -0.114. The summed E-state index contributed by atoms with van der Waals surface area (Å²) >= 11 is 8.80. The molecule has 4 rings (SSSR count). The van der Waals surface area contributed by atoms with Crippen LogP contribution in [0.3, 0.4) is 0 Å². The second kappa shape index (κ2) is 9.56. The molecule has 7 nitrogen and oxygen atoms in total. The van der Waals surface area contributed by atoms with Crippen LogP contribution in [0, 0.1) is 0 Å². The molecule has 2 aromatic heterocycles. The second-order valence-electron chi connectivity index (χ2n) is 6.72. The maximum absolute atomic E-state index is 13.2. The van der Waals surface area contributed by atoms with Crippen molar-refractivity contribution in [1.29, 1.82) is 0 Å². The van der Waals surface area contributed by atoms with Crippen molar-refractivity contribution in [3.05, 3.63) is 75.4 Å². The van der Waals surface area contributed by atoms with Gasteiger partial charge in [0, 0.05) is 18.3 Å². The number of rotatable bonds is 6. The Bertz CT molecular complexity index is 1380. The Morgan fingerprint density at radius 2 is 1.84 bits per heavy atom. The van der Waals surface area contributed by atoms with Crippen LogP contribution in [0.25, 0.3) is 15.9 Å². The molecule has 0 bridgehead atoms. The highest BCUT2D eigenvalue weighted by atomic mass is 35.5. The molecule has 0 spiro atoms. The third-order valence-electron chi connectivity index (χ3n) is 4.34. The van der Waals surface area contributed by atoms with Crippen molar-refractivity contribution in [2.24, 2.45) is 0 Å². The van der Waals surface area contributed by atoms with Crippen LogP contribution in [0.5, 0.6) is 0 Å². The molecule has 2 heterocycles. The molecule has 0 fully saturated rings. The van der Waals surface area contributed by atoms with E-state index in [1.807, 2.05) is 0 Å². The van der Waals surface area contributed by atoms with Crippen LogP contribution in [-0.2, 0) is 9.59 Å². The fourth-order valence-electron chi connectivity index (χ4n) is 3.04. The van der Waals surface area contributed by atoms with Crippen molar-refractivity contribution in [1.82, 2.24) is 9.55 Å². The molecule has 10 heteroatoms. The summed E-state index contributed by atoms with van der Waals surface area (Å²) in [6.07, 6.45) is 0. The molecule has 0 aliphatic rings.